The summed E-state index contributed by atoms with van der Waals surface area (Å²) in [7, 11) is 0. The summed E-state index contributed by atoms with van der Waals surface area (Å²) in [5.41, 5.74) is 5.82. The largest absolute Gasteiger partial charge is 0.327 e. The fraction of sp³-hybridized carbons (Fsp3) is 0.714. The first-order valence-corrected chi connectivity index (χ1v) is 4.35. The highest BCUT2D eigenvalue weighted by molar-refractivity contribution is 8.03. The van der Waals surface area contributed by atoms with Gasteiger partial charge < -0.3 is 5.73 Å². The van der Waals surface area contributed by atoms with Gasteiger partial charge in [-0.2, -0.15) is 0 Å². The summed E-state index contributed by atoms with van der Waals surface area (Å²) in [4.78, 5) is 0. The second kappa shape index (κ2) is 3.28. The van der Waals surface area contributed by atoms with Crippen molar-refractivity contribution in [2.75, 3.05) is 0 Å². The highest BCUT2D eigenvalue weighted by Gasteiger charge is 2.16. The van der Waals surface area contributed by atoms with Crippen LogP contribution in [0.15, 0.2) is 11.5 Å². The van der Waals surface area contributed by atoms with Gasteiger partial charge in [0.25, 0.3) is 0 Å². The lowest BCUT2D eigenvalue weighted by Crippen LogP contribution is -2.29. The molecule has 0 bridgehead atoms. The van der Waals surface area contributed by atoms with Crippen LogP contribution in [-0.2, 0) is 0 Å². The van der Waals surface area contributed by atoms with Gasteiger partial charge >= 0.3 is 0 Å². The molecule has 9 heavy (non-hydrogen) atoms. The summed E-state index contributed by atoms with van der Waals surface area (Å²) in [5.74, 6) is 0. The number of thioether (sulfide) groups is 1. The average Bonchev–Trinajstić information content (AvgIpc) is 2.37. The van der Waals surface area contributed by atoms with E-state index in [1.165, 1.54) is 6.42 Å². The molecule has 0 amide bonds. The molecule has 0 aromatic carbocycles. The minimum atomic E-state index is 0.394. The van der Waals surface area contributed by atoms with Gasteiger partial charge in [0.2, 0.25) is 0 Å². The number of rotatable bonds is 2. The van der Waals surface area contributed by atoms with Gasteiger partial charge in [0.05, 0.1) is 0 Å². The summed E-state index contributed by atoms with van der Waals surface area (Å²) in [6, 6.07) is 0.394. The first-order chi connectivity index (χ1) is 4.34. The molecule has 2 N–H and O–H groups in total. The minimum Gasteiger partial charge on any atom is -0.327 e. The molecule has 1 rings (SSSR count). The van der Waals surface area contributed by atoms with E-state index in [2.05, 4.69) is 18.4 Å². The zero-order valence-corrected chi connectivity index (χ0v) is 6.53. The smallest absolute Gasteiger partial charge is 0.0274 e. The average molecular weight is 143 g/mol. The molecular weight excluding hydrogens is 130 g/mol. The third-order valence-corrected chi connectivity index (χ3v) is 2.91. The lowest BCUT2D eigenvalue weighted by molar-refractivity contribution is 0.622. The Morgan fingerprint density at radius 3 is 3.11 bits per heavy atom. The summed E-state index contributed by atoms with van der Waals surface area (Å²) in [6.07, 6.45) is 4.46. The van der Waals surface area contributed by atoms with E-state index < -0.39 is 0 Å². The maximum absolute atomic E-state index is 5.82. The molecule has 1 unspecified atom stereocenters. The van der Waals surface area contributed by atoms with Crippen molar-refractivity contribution in [3.63, 3.8) is 0 Å². The Kier molecular flexibility index (Phi) is 2.61. The van der Waals surface area contributed by atoms with Crippen molar-refractivity contribution < 1.29 is 0 Å². The SMILES string of the molecule is CC[C@@H](N)C1CC=CS1. The van der Waals surface area contributed by atoms with Crippen LogP contribution in [0.25, 0.3) is 0 Å². The molecule has 52 valence electrons. The molecule has 0 aromatic heterocycles. The van der Waals surface area contributed by atoms with Crippen LogP contribution >= 0.6 is 11.8 Å². The van der Waals surface area contributed by atoms with Crippen molar-refractivity contribution in [2.24, 2.45) is 5.73 Å². The summed E-state index contributed by atoms with van der Waals surface area (Å²) in [5, 5.41) is 2.82. The molecule has 0 aromatic rings. The fourth-order valence-electron chi connectivity index (χ4n) is 0.940. The topological polar surface area (TPSA) is 26.0 Å². The van der Waals surface area contributed by atoms with E-state index in [4.69, 9.17) is 5.73 Å². The van der Waals surface area contributed by atoms with Crippen molar-refractivity contribution in [3.8, 4) is 0 Å². The zero-order chi connectivity index (χ0) is 6.69. The van der Waals surface area contributed by atoms with Crippen LogP contribution in [0.4, 0.5) is 0 Å². The molecule has 1 aliphatic rings. The Balaban J connectivity index is 2.27. The Hall–Kier alpha value is 0.0500. The van der Waals surface area contributed by atoms with Crippen LogP contribution < -0.4 is 5.73 Å². The molecule has 1 aliphatic heterocycles. The molecule has 1 heterocycles. The highest BCUT2D eigenvalue weighted by atomic mass is 32.2. The van der Waals surface area contributed by atoms with Crippen molar-refractivity contribution in [3.05, 3.63) is 11.5 Å². The highest BCUT2D eigenvalue weighted by Crippen LogP contribution is 2.26. The fourth-order valence-corrected chi connectivity index (χ4v) is 1.98. The lowest BCUT2D eigenvalue weighted by atomic mass is 10.1. The Labute approximate surface area is 60.7 Å². The second-order valence-electron chi connectivity index (χ2n) is 2.35. The lowest BCUT2D eigenvalue weighted by Gasteiger charge is -2.14. The van der Waals surface area contributed by atoms with Crippen molar-refractivity contribution in [1.29, 1.82) is 0 Å². The first-order valence-electron chi connectivity index (χ1n) is 3.40. The van der Waals surface area contributed by atoms with Gasteiger partial charge in [-0.1, -0.05) is 13.0 Å². The summed E-state index contributed by atoms with van der Waals surface area (Å²) in [6.45, 7) is 2.14. The van der Waals surface area contributed by atoms with E-state index in [0.717, 1.165) is 6.42 Å². The van der Waals surface area contributed by atoms with Crippen LogP contribution in [-0.4, -0.2) is 11.3 Å². The number of allylic oxidation sites excluding steroid dienone is 1. The standard InChI is InChI=1S/C7H13NS/c1-2-6(8)7-4-3-5-9-7/h3,5-7H,2,4,8H2,1H3/t6-,7?/m1/s1. The molecule has 0 spiro atoms. The molecular formula is C7H13NS. The third kappa shape index (κ3) is 1.73. The van der Waals surface area contributed by atoms with Crippen LogP contribution in [0.5, 0.6) is 0 Å². The Morgan fingerprint density at radius 2 is 2.67 bits per heavy atom. The molecule has 0 radical (unpaired) electrons. The monoisotopic (exact) mass is 143 g/mol. The number of hydrogen-bond acceptors (Lipinski definition) is 2. The first kappa shape index (κ1) is 7.16. The zero-order valence-electron chi connectivity index (χ0n) is 5.71. The van der Waals surface area contributed by atoms with Gasteiger partial charge in [-0.3, -0.25) is 0 Å². The molecule has 2 heteroatoms. The molecule has 0 saturated heterocycles. The van der Waals surface area contributed by atoms with Gasteiger partial charge in [0.1, 0.15) is 0 Å². The molecule has 0 fully saturated rings. The Morgan fingerprint density at radius 1 is 1.89 bits per heavy atom. The number of nitrogens with two attached hydrogens (primary N) is 1. The van der Waals surface area contributed by atoms with Crippen LogP contribution in [0, 0.1) is 0 Å². The van der Waals surface area contributed by atoms with E-state index in [9.17, 15) is 0 Å². The van der Waals surface area contributed by atoms with E-state index in [1.807, 2.05) is 11.8 Å². The number of hydrogen-bond donors (Lipinski definition) is 1. The van der Waals surface area contributed by atoms with Gasteiger partial charge in [0, 0.05) is 11.3 Å². The minimum absolute atomic E-state index is 0.394. The van der Waals surface area contributed by atoms with Crippen LogP contribution in [0.1, 0.15) is 19.8 Å². The van der Waals surface area contributed by atoms with Crippen LogP contribution in [0.2, 0.25) is 0 Å². The maximum atomic E-state index is 5.82. The molecule has 1 nitrogen and oxygen atoms in total. The van der Waals surface area contributed by atoms with Crippen molar-refractivity contribution >= 4 is 11.8 Å². The normalized spacial score (nSPS) is 28.9. The van der Waals surface area contributed by atoms with Crippen molar-refractivity contribution in [1.82, 2.24) is 0 Å². The predicted octanol–water partition coefficient (Wildman–Crippen LogP) is 1.74. The van der Waals surface area contributed by atoms with Crippen molar-refractivity contribution in [2.45, 2.75) is 31.1 Å². The van der Waals surface area contributed by atoms with Gasteiger partial charge in [-0.15, -0.1) is 11.8 Å². The van der Waals surface area contributed by atoms with E-state index in [-0.39, 0.29) is 0 Å². The predicted molar refractivity (Wildman–Crippen MR) is 43.4 cm³/mol. The quantitative estimate of drug-likeness (QED) is 0.637. The summed E-state index contributed by atoms with van der Waals surface area (Å²) >= 11 is 1.87. The van der Waals surface area contributed by atoms with E-state index in [0.29, 0.717) is 11.3 Å². The van der Waals surface area contributed by atoms with Gasteiger partial charge in [-0.25, -0.2) is 0 Å². The molecule has 0 aliphatic carbocycles. The van der Waals surface area contributed by atoms with E-state index >= 15 is 0 Å². The van der Waals surface area contributed by atoms with Crippen LogP contribution in [0.3, 0.4) is 0 Å². The van der Waals surface area contributed by atoms with Gasteiger partial charge in [0.15, 0.2) is 0 Å². The molecule has 0 saturated carbocycles. The van der Waals surface area contributed by atoms with Gasteiger partial charge in [-0.05, 0) is 18.2 Å². The third-order valence-electron chi connectivity index (χ3n) is 1.67. The Bertz CT molecular complexity index is 103. The maximum Gasteiger partial charge on any atom is 0.0274 e. The molecule has 2 atom stereocenters. The van der Waals surface area contributed by atoms with E-state index in [1.54, 1.807) is 0 Å². The summed E-state index contributed by atoms with van der Waals surface area (Å²) < 4.78 is 0. The second-order valence-corrected chi connectivity index (χ2v) is 3.50.